The molecule has 0 aliphatic rings. The number of non-ortho nitro benzene ring substituents is 1. The van der Waals surface area contributed by atoms with Crippen LogP contribution in [-0.4, -0.2) is 19.2 Å². The number of amides is 1. The van der Waals surface area contributed by atoms with E-state index in [0.29, 0.717) is 0 Å². The molecule has 0 fully saturated rings. The Morgan fingerprint density at radius 3 is 2.16 bits per heavy atom. The van der Waals surface area contributed by atoms with Crippen LogP contribution in [0, 0.1) is 10.1 Å². The number of carbonyl (C=O) groups excluding carboxylic acids is 1. The molecule has 3 rings (SSSR count). The summed E-state index contributed by atoms with van der Waals surface area (Å²) in [6.45, 7) is 0. The SMILES string of the molecule is O=C(Nc1ccc(C(F)(F)F)cc1)c1ccc(OS(=O)(=O)c2cccc([N+](=O)[O-])c2)cc1. The monoisotopic (exact) mass is 466 g/mol. The second kappa shape index (κ2) is 8.67. The van der Waals surface area contributed by atoms with E-state index in [0.717, 1.165) is 42.5 Å². The second-order valence-corrected chi connectivity index (χ2v) is 7.89. The third kappa shape index (κ3) is 5.40. The van der Waals surface area contributed by atoms with E-state index in [4.69, 9.17) is 4.18 Å². The zero-order valence-electron chi connectivity index (χ0n) is 15.9. The van der Waals surface area contributed by atoms with Crippen LogP contribution >= 0.6 is 0 Å². The molecule has 1 N–H and O–H groups in total. The lowest BCUT2D eigenvalue weighted by molar-refractivity contribution is -0.385. The van der Waals surface area contributed by atoms with E-state index >= 15 is 0 Å². The van der Waals surface area contributed by atoms with Crippen molar-refractivity contribution in [1.82, 2.24) is 0 Å². The van der Waals surface area contributed by atoms with Crippen molar-refractivity contribution in [2.75, 3.05) is 5.32 Å². The number of carbonyl (C=O) groups is 1. The molecule has 8 nitrogen and oxygen atoms in total. The van der Waals surface area contributed by atoms with Crippen LogP contribution in [-0.2, 0) is 16.3 Å². The summed E-state index contributed by atoms with van der Waals surface area (Å²) in [6.07, 6.45) is -4.50. The zero-order chi connectivity index (χ0) is 23.5. The lowest BCUT2D eigenvalue weighted by atomic mass is 10.1. The Bertz CT molecular complexity index is 1260. The molecule has 0 radical (unpaired) electrons. The third-order valence-corrected chi connectivity index (χ3v) is 5.35. The predicted molar refractivity (Wildman–Crippen MR) is 107 cm³/mol. The van der Waals surface area contributed by atoms with Gasteiger partial charge in [-0.25, -0.2) is 0 Å². The molecule has 12 heteroatoms. The number of alkyl halides is 3. The molecule has 0 heterocycles. The first-order valence-electron chi connectivity index (χ1n) is 8.73. The zero-order valence-corrected chi connectivity index (χ0v) is 16.7. The van der Waals surface area contributed by atoms with Gasteiger partial charge in [-0.1, -0.05) is 6.07 Å². The fourth-order valence-electron chi connectivity index (χ4n) is 2.54. The van der Waals surface area contributed by atoms with Gasteiger partial charge in [0.2, 0.25) is 0 Å². The first-order valence-corrected chi connectivity index (χ1v) is 10.1. The molecule has 0 saturated heterocycles. The number of rotatable bonds is 6. The van der Waals surface area contributed by atoms with Crippen LogP contribution in [0.1, 0.15) is 15.9 Å². The van der Waals surface area contributed by atoms with Gasteiger partial charge in [0, 0.05) is 23.4 Å². The van der Waals surface area contributed by atoms with Gasteiger partial charge in [0.15, 0.2) is 0 Å². The van der Waals surface area contributed by atoms with E-state index in [1.165, 1.54) is 30.3 Å². The average molecular weight is 466 g/mol. The van der Waals surface area contributed by atoms with Crippen LogP contribution in [0.25, 0.3) is 0 Å². The van der Waals surface area contributed by atoms with Gasteiger partial charge in [0.1, 0.15) is 10.6 Å². The maximum Gasteiger partial charge on any atom is 0.416 e. The highest BCUT2D eigenvalue weighted by molar-refractivity contribution is 7.87. The molecule has 0 aliphatic heterocycles. The van der Waals surface area contributed by atoms with E-state index < -0.39 is 43.3 Å². The molecule has 0 atom stereocenters. The third-order valence-electron chi connectivity index (χ3n) is 4.11. The summed E-state index contributed by atoms with van der Waals surface area (Å²) < 4.78 is 67.4. The van der Waals surface area contributed by atoms with Crippen LogP contribution in [0.15, 0.2) is 77.7 Å². The van der Waals surface area contributed by atoms with Crippen LogP contribution in [0.5, 0.6) is 5.75 Å². The fraction of sp³-hybridized carbons (Fsp3) is 0.0500. The molecule has 0 saturated carbocycles. The van der Waals surface area contributed by atoms with Gasteiger partial charge in [0.25, 0.3) is 11.6 Å². The number of nitro groups is 1. The van der Waals surface area contributed by atoms with Crippen LogP contribution in [0.2, 0.25) is 0 Å². The molecule has 1 amide bonds. The minimum atomic E-state index is -4.50. The van der Waals surface area contributed by atoms with Crippen molar-refractivity contribution >= 4 is 27.4 Å². The molecule has 0 spiro atoms. The predicted octanol–water partition coefficient (Wildman–Crippen LogP) is 4.63. The Hall–Kier alpha value is -3.93. The summed E-state index contributed by atoms with van der Waals surface area (Å²) in [7, 11) is -4.36. The number of anilines is 1. The maximum absolute atomic E-state index is 12.6. The van der Waals surface area contributed by atoms with Gasteiger partial charge in [-0.3, -0.25) is 14.9 Å². The smallest absolute Gasteiger partial charge is 0.379 e. The molecule has 32 heavy (non-hydrogen) atoms. The molecule has 0 bridgehead atoms. The first-order chi connectivity index (χ1) is 15.0. The summed E-state index contributed by atoms with van der Waals surface area (Å²) in [5, 5.41) is 13.2. The van der Waals surface area contributed by atoms with Crippen LogP contribution < -0.4 is 9.50 Å². The minimum absolute atomic E-state index is 0.0880. The number of nitrogens with zero attached hydrogens (tertiary/aromatic N) is 1. The van der Waals surface area contributed by atoms with E-state index in [-0.39, 0.29) is 17.0 Å². The molecular weight excluding hydrogens is 453 g/mol. The maximum atomic E-state index is 12.6. The van der Waals surface area contributed by atoms with E-state index in [9.17, 15) is 36.5 Å². The second-order valence-electron chi connectivity index (χ2n) is 6.35. The average Bonchev–Trinajstić information content (AvgIpc) is 2.74. The van der Waals surface area contributed by atoms with Crippen LogP contribution in [0.3, 0.4) is 0 Å². The topological polar surface area (TPSA) is 116 Å². The summed E-state index contributed by atoms with van der Waals surface area (Å²) in [4.78, 5) is 21.9. The molecule has 3 aromatic rings. The lowest BCUT2D eigenvalue weighted by Gasteiger charge is -2.10. The van der Waals surface area contributed by atoms with Gasteiger partial charge in [-0.15, -0.1) is 0 Å². The van der Waals surface area contributed by atoms with Crippen molar-refractivity contribution in [2.45, 2.75) is 11.1 Å². The molecule has 0 aliphatic carbocycles. The fourth-order valence-corrected chi connectivity index (χ4v) is 3.51. The number of halogens is 3. The Labute approximate surface area is 179 Å². The summed E-state index contributed by atoms with van der Waals surface area (Å²) in [5.74, 6) is -0.791. The van der Waals surface area contributed by atoms with E-state index in [2.05, 4.69) is 5.32 Å². The highest BCUT2D eigenvalue weighted by atomic mass is 32.2. The van der Waals surface area contributed by atoms with Crippen molar-refractivity contribution in [3.05, 3.63) is 94.0 Å². The van der Waals surface area contributed by atoms with Gasteiger partial charge >= 0.3 is 16.3 Å². The molecule has 3 aromatic carbocycles. The Balaban J connectivity index is 1.70. The van der Waals surface area contributed by atoms with E-state index in [1.807, 2.05) is 0 Å². The Morgan fingerprint density at radius 1 is 0.969 bits per heavy atom. The van der Waals surface area contributed by atoms with Gasteiger partial charge in [-0.05, 0) is 54.6 Å². The largest absolute Gasteiger partial charge is 0.416 e. The van der Waals surface area contributed by atoms with Crippen molar-refractivity contribution < 1.29 is 35.5 Å². The van der Waals surface area contributed by atoms with Crippen molar-refractivity contribution in [1.29, 1.82) is 0 Å². The van der Waals surface area contributed by atoms with Crippen LogP contribution in [0.4, 0.5) is 24.5 Å². The quantitative estimate of drug-likeness (QED) is 0.322. The molecule has 0 aromatic heterocycles. The Kier molecular flexibility index (Phi) is 6.16. The highest BCUT2D eigenvalue weighted by Crippen LogP contribution is 2.30. The van der Waals surface area contributed by atoms with Gasteiger partial charge < -0.3 is 9.50 Å². The highest BCUT2D eigenvalue weighted by Gasteiger charge is 2.30. The molecule has 0 unspecified atom stereocenters. The standard InChI is InChI=1S/C20H13F3N2O6S/c21-20(22,23)14-6-8-15(9-7-14)24-19(26)13-4-10-17(11-5-13)31-32(29,30)18-3-1-2-16(12-18)25(27)28/h1-12H,(H,24,26). The number of nitro benzene ring substituents is 1. The first kappa shape index (κ1) is 22.7. The van der Waals surface area contributed by atoms with Crippen molar-refractivity contribution in [3.8, 4) is 5.75 Å². The van der Waals surface area contributed by atoms with Crippen molar-refractivity contribution in [2.24, 2.45) is 0 Å². The summed E-state index contributed by atoms with van der Waals surface area (Å²) >= 11 is 0. The van der Waals surface area contributed by atoms with Gasteiger partial charge in [0.05, 0.1) is 10.5 Å². The van der Waals surface area contributed by atoms with Gasteiger partial charge in [-0.2, -0.15) is 21.6 Å². The number of nitrogens with one attached hydrogen (secondary N) is 1. The number of benzene rings is 3. The van der Waals surface area contributed by atoms with Crippen molar-refractivity contribution in [3.63, 3.8) is 0 Å². The lowest BCUT2D eigenvalue weighted by Crippen LogP contribution is -2.13. The normalized spacial score (nSPS) is 11.6. The number of hydrogen-bond donors (Lipinski definition) is 1. The molecular formula is C20H13F3N2O6S. The minimum Gasteiger partial charge on any atom is -0.379 e. The summed E-state index contributed by atoms with van der Waals surface area (Å²) in [5.41, 5.74) is -1.06. The summed E-state index contributed by atoms with van der Waals surface area (Å²) in [6, 6.07) is 13.0. The Morgan fingerprint density at radius 2 is 1.59 bits per heavy atom. The number of hydrogen-bond acceptors (Lipinski definition) is 6. The molecule has 166 valence electrons. The van der Waals surface area contributed by atoms with E-state index in [1.54, 1.807) is 0 Å².